The van der Waals surface area contributed by atoms with Gasteiger partial charge in [-0.2, -0.15) is 0 Å². The average molecular weight is 346 g/mol. The highest BCUT2D eigenvalue weighted by molar-refractivity contribution is 5.78. The molecule has 2 heteroatoms. The first-order chi connectivity index (χ1) is 12.3. The molecule has 0 unspecified atom stereocenters. The molecule has 0 aliphatic carbocycles. The summed E-state index contributed by atoms with van der Waals surface area (Å²) < 4.78 is 0. The van der Waals surface area contributed by atoms with Gasteiger partial charge in [0.1, 0.15) is 0 Å². The third kappa shape index (κ3) is 13.6. The molecule has 1 N–H and O–H groups in total. The van der Waals surface area contributed by atoms with Crippen molar-refractivity contribution < 1.29 is 4.79 Å². The summed E-state index contributed by atoms with van der Waals surface area (Å²) in [5.74, 6) is 0.144. The zero-order chi connectivity index (χ0) is 18.0. The third-order valence-electron chi connectivity index (χ3n) is 4.81. The monoisotopic (exact) mass is 345 g/mol. The molecule has 0 heterocycles. The number of hydrogen-bond donors (Lipinski definition) is 1. The predicted octanol–water partition coefficient (Wildman–Crippen LogP) is 6.44. The van der Waals surface area contributed by atoms with Crippen molar-refractivity contribution in [2.75, 3.05) is 6.54 Å². The summed E-state index contributed by atoms with van der Waals surface area (Å²) >= 11 is 0. The van der Waals surface area contributed by atoms with Crippen LogP contribution in [0.25, 0.3) is 0 Å². The predicted molar refractivity (Wildman–Crippen MR) is 109 cm³/mol. The van der Waals surface area contributed by atoms with Crippen LogP contribution < -0.4 is 5.32 Å². The van der Waals surface area contributed by atoms with Crippen LogP contribution >= 0.6 is 0 Å². The Morgan fingerprint density at radius 1 is 0.720 bits per heavy atom. The number of unbranched alkanes of at least 4 members (excludes halogenated alkanes) is 12. The van der Waals surface area contributed by atoms with Crippen molar-refractivity contribution in [2.45, 2.75) is 96.8 Å². The van der Waals surface area contributed by atoms with E-state index in [1.54, 1.807) is 0 Å². The molecule has 0 saturated carbocycles. The van der Waals surface area contributed by atoms with Gasteiger partial charge in [0.25, 0.3) is 0 Å². The minimum atomic E-state index is 0.144. The Morgan fingerprint density at radius 3 is 1.72 bits per heavy atom. The molecule has 0 aliphatic heterocycles. The van der Waals surface area contributed by atoms with Gasteiger partial charge in [0, 0.05) is 6.54 Å². The number of hydrogen-bond acceptors (Lipinski definition) is 1. The van der Waals surface area contributed by atoms with Crippen LogP contribution in [0.15, 0.2) is 30.3 Å². The third-order valence-corrected chi connectivity index (χ3v) is 4.81. The molecule has 0 bridgehead atoms. The van der Waals surface area contributed by atoms with Crippen LogP contribution in [0.5, 0.6) is 0 Å². The highest BCUT2D eigenvalue weighted by Gasteiger charge is 2.01. The summed E-state index contributed by atoms with van der Waals surface area (Å²) in [6, 6.07) is 9.95. The van der Waals surface area contributed by atoms with Crippen LogP contribution in [-0.4, -0.2) is 12.5 Å². The highest BCUT2D eigenvalue weighted by atomic mass is 16.1. The minimum Gasteiger partial charge on any atom is -0.356 e. The molecule has 142 valence electrons. The van der Waals surface area contributed by atoms with Gasteiger partial charge >= 0.3 is 0 Å². The number of carbonyl (C=O) groups excluding carboxylic acids is 1. The maximum Gasteiger partial charge on any atom is 0.224 e. The molecule has 0 fully saturated rings. The van der Waals surface area contributed by atoms with E-state index in [0.29, 0.717) is 6.42 Å². The number of rotatable bonds is 16. The first-order valence-electron chi connectivity index (χ1n) is 10.6. The summed E-state index contributed by atoms with van der Waals surface area (Å²) in [5.41, 5.74) is 1.09. The lowest BCUT2D eigenvalue weighted by Gasteiger charge is -2.06. The molecule has 2 nitrogen and oxygen atoms in total. The van der Waals surface area contributed by atoms with Gasteiger partial charge in [0.05, 0.1) is 6.42 Å². The van der Waals surface area contributed by atoms with Crippen LogP contribution in [0.3, 0.4) is 0 Å². The summed E-state index contributed by atoms with van der Waals surface area (Å²) in [6.07, 6.45) is 18.2. The zero-order valence-corrected chi connectivity index (χ0v) is 16.4. The summed E-state index contributed by atoms with van der Waals surface area (Å²) in [4.78, 5) is 11.8. The topological polar surface area (TPSA) is 29.1 Å². The fourth-order valence-electron chi connectivity index (χ4n) is 3.21. The fraction of sp³-hybridized carbons (Fsp3) is 0.696. The first kappa shape index (κ1) is 21.7. The van der Waals surface area contributed by atoms with Crippen molar-refractivity contribution in [2.24, 2.45) is 0 Å². The lowest BCUT2D eigenvalue weighted by atomic mass is 10.0. The zero-order valence-electron chi connectivity index (χ0n) is 16.4. The molecule has 0 radical (unpaired) electrons. The van der Waals surface area contributed by atoms with Crippen molar-refractivity contribution in [3.05, 3.63) is 35.9 Å². The number of amides is 1. The molecule has 0 aliphatic rings. The second kappa shape index (κ2) is 16.2. The Bertz CT molecular complexity index is 415. The SMILES string of the molecule is CCCCCCCCCCCCCCCNC(=O)Cc1ccccc1. The Labute approximate surface area is 155 Å². The molecule has 1 aromatic carbocycles. The van der Waals surface area contributed by atoms with E-state index in [4.69, 9.17) is 0 Å². The van der Waals surface area contributed by atoms with E-state index < -0.39 is 0 Å². The molecule has 0 saturated heterocycles. The van der Waals surface area contributed by atoms with Crippen molar-refractivity contribution in [3.8, 4) is 0 Å². The van der Waals surface area contributed by atoms with Gasteiger partial charge in [0.2, 0.25) is 5.91 Å². The van der Waals surface area contributed by atoms with E-state index in [1.807, 2.05) is 30.3 Å². The van der Waals surface area contributed by atoms with Gasteiger partial charge in [0.15, 0.2) is 0 Å². The molecule has 0 spiro atoms. The standard InChI is InChI=1S/C23H39NO/c1-2-3-4-5-6-7-8-9-10-11-12-13-17-20-24-23(25)21-22-18-15-14-16-19-22/h14-16,18-19H,2-13,17,20-21H2,1H3,(H,24,25). The molecule has 0 atom stereocenters. The molecule has 1 aromatic rings. The summed E-state index contributed by atoms with van der Waals surface area (Å²) in [7, 11) is 0. The quantitative estimate of drug-likeness (QED) is 0.343. The number of carbonyl (C=O) groups is 1. The molecular formula is C23H39NO. The largest absolute Gasteiger partial charge is 0.356 e. The maximum absolute atomic E-state index is 11.8. The van der Waals surface area contributed by atoms with Gasteiger partial charge in [-0.1, -0.05) is 114 Å². The second-order valence-electron chi connectivity index (χ2n) is 7.25. The van der Waals surface area contributed by atoms with E-state index in [9.17, 15) is 4.79 Å². The fourth-order valence-corrected chi connectivity index (χ4v) is 3.21. The lowest BCUT2D eigenvalue weighted by molar-refractivity contribution is -0.120. The maximum atomic E-state index is 11.8. The molecule has 1 amide bonds. The number of benzene rings is 1. The Hall–Kier alpha value is -1.31. The van der Waals surface area contributed by atoms with Crippen LogP contribution in [-0.2, 0) is 11.2 Å². The van der Waals surface area contributed by atoms with E-state index in [2.05, 4.69) is 12.2 Å². The van der Waals surface area contributed by atoms with Crippen LogP contribution in [0.1, 0.15) is 96.0 Å². The lowest BCUT2D eigenvalue weighted by Crippen LogP contribution is -2.26. The van der Waals surface area contributed by atoms with Crippen LogP contribution in [0.4, 0.5) is 0 Å². The minimum absolute atomic E-state index is 0.144. The van der Waals surface area contributed by atoms with E-state index in [1.165, 1.54) is 77.0 Å². The van der Waals surface area contributed by atoms with Crippen molar-refractivity contribution in [1.29, 1.82) is 0 Å². The van der Waals surface area contributed by atoms with Gasteiger partial charge in [-0.05, 0) is 12.0 Å². The number of nitrogens with one attached hydrogen (secondary N) is 1. The van der Waals surface area contributed by atoms with E-state index in [-0.39, 0.29) is 5.91 Å². The van der Waals surface area contributed by atoms with Crippen molar-refractivity contribution in [3.63, 3.8) is 0 Å². The van der Waals surface area contributed by atoms with E-state index in [0.717, 1.165) is 18.5 Å². The van der Waals surface area contributed by atoms with Gasteiger partial charge in [-0.25, -0.2) is 0 Å². The average Bonchev–Trinajstić information content (AvgIpc) is 2.63. The molecular weight excluding hydrogens is 306 g/mol. The highest BCUT2D eigenvalue weighted by Crippen LogP contribution is 2.12. The first-order valence-corrected chi connectivity index (χ1v) is 10.6. The Balaban J connectivity index is 1.79. The second-order valence-corrected chi connectivity index (χ2v) is 7.25. The summed E-state index contributed by atoms with van der Waals surface area (Å²) in [5, 5.41) is 3.03. The Kier molecular flexibility index (Phi) is 14.1. The van der Waals surface area contributed by atoms with Crippen molar-refractivity contribution in [1.82, 2.24) is 5.32 Å². The van der Waals surface area contributed by atoms with Crippen LogP contribution in [0, 0.1) is 0 Å². The molecule has 1 rings (SSSR count). The summed E-state index contributed by atoms with van der Waals surface area (Å²) in [6.45, 7) is 3.10. The Morgan fingerprint density at radius 2 is 1.20 bits per heavy atom. The molecule has 0 aromatic heterocycles. The van der Waals surface area contributed by atoms with Crippen LogP contribution in [0.2, 0.25) is 0 Å². The van der Waals surface area contributed by atoms with Gasteiger partial charge in [-0.15, -0.1) is 0 Å². The van der Waals surface area contributed by atoms with Gasteiger partial charge < -0.3 is 5.32 Å². The van der Waals surface area contributed by atoms with E-state index >= 15 is 0 Å². The van der Waals surface area contributed by atoms with Gasteiger partial charge in [-0.3, -0.25) is 4.79 Å². The normalized spacial score (nSPS) is 10.8. The van der Waals surface area contributed by atoms with Crippen molar-refractivity contribution >= 4 is 5.91 Å². The molecule has 25 heavy (non-hydrogen) atoms. The smallest absolute Gasteiger partial charge is 0.224 e.